The number of pyridine rings is 1. The van der Waals surface area contributed by atoms with Gasteiger partial charge in [-0.15, -0.1) is 0 Å². The zero-order valence-electron chi connectivity index (χ0n) is 11.6. The van der Waals surface area contributed by atoms with Crippen LogP contribution in [-0.2, 0) is 6.54 Å². The van der Waals surface area contributed by atoms with Gasteiger partial charge in [0, 0.05) is 19.3 Å². The number of oxime groups is 1. The van der Waals surface area contributed by atoms with Crippen molar-refractivity contribution in [1.29, 1.82) is 0 Å². The van der Waals surface area contributed by atoms with Gasteiger partial charge in [-0.1, -0.05) is 35.5 Å². The highest BCUT2D eigenvalue weighted by atomic mass is 16.4. The Morgan fingerprint density at radius 3 is 2.60 bits per heavy atom. The lowest BCUT2D eigenvalue weighted by Gasteiger charge is -2.21. The molecule has 104 valence electrons. The largest absolute Gasteiger partial charge is 0.409 e. The molecule has 0 radical (unpaired) electrons. The SMILES string of the molecule is Cc1ccc(C(N)=NO)c(N(C)Cc2ccccc2)n1. The predicted molar refractivity (Wildman–Crippen MR) is 80.0 cm³/mol. The second-order valence-corrected chi connectivity index (χ2v) is 4.65. The van der Waals surface area contributed by atoms with Crippen molar-refractivity contribution in [2.75, 3.05) is 11.9 Å². The van der Waals surface area contributed by atoms with Crippen molar-refractivity contribution in [1.82, 2.24) is 4.98 Å². The highest BCUT2D eigenvalue weighted by Crippen LogP contribution is 2.19. The minimum absolute atomic E-state index is 0.0624. The molecule has 0 spiro atoms. The monoisotopic (exact) mass is 270 g/mol. The van der Waals surface area contributed by atoms with E-state index in [0.29, 0.717) is 17.9 Å². The Kier molecular flexibility index (Phi) is 4.20. The number of anilines is 1. The summed E-state index contributed by atoms with van der Waals surface area (Å²) >= 11 is 0. The molecule has 1 heterocycles. The van der Waals surface area contributed by atoms with Crippen molar-refractivity contribution in [2.24, 2.45) is 10.9 Å². The summed E-state index contributed by atoms with van der Waals surface area (Å²) in [7, 11) is 1.93. The molecule has 0 unspecified atom stereocenters. The minimum atomic E-state index is 0.0624. The molecule has 0 aliphatic rings. The topological polar surface area (TPSA) is 74.7 Å². The van der Waals surface area contributed by atoms with Gasteiger partial charge in [0.2, 0.25) is 0 Å². The third kappa shape index (κ3) is 3.06. The van der Waals surface area contributed by atoms with Gasteiger partial charge >= 0.3 is 0 Å². The smallest absolute Gasteiger partial charge is 0.173 e. The molecule has 1 aromatic carbocycles. The van der Waals surface area contributed by atoms with Crippen LogP contribution in [0.2, 0.25) is 0 Å². The Bertz CT molecular complexity index is 611. The van der Waals surface area contributed by atoms with E-state index >= 15 is 0 Å². The molecule has 2 aromatic rings. The van der Waals surface area contributed by atoms with Crippen molar-refractivity contribution in [3.8, 4) is 0 Å². The van der Waals surface area contributed by atoms with E-state index in [2.05, 4.69) is 22.3 Å². The number of hydrogen-bond donors (Lipinski definition) is 2. The quantitative estimate of drug-likeness (QED) is 0.386. The molecular formula is C15H18N4O. The van der Waals surface area contributed by atoms with Crippen LogP contribution in [0.15, 0.2) is 47.6 Å². The third-order valence-corrected chi connectivity index (χ3v) is 3.02. The van der Waals surface area contributed by atoms with Crippen molar-refractivity contribution in [3.05, 3.63) is 59.3 Å². The maximum Gasteiger partial charge on any atom is 0.173 e. The number of aromatic nitrogens is 1. The lowest BCUT2D eigenvalue weighted by atomic mass is 10.1. The summed E-state index contributed by atoms with van der Waals surface area (Å²) < 4.78 is 0. The Morgan fingerprint density at radius 1 is 1.25 bits per heavy atom. The molecule has 0 aliphatic heterocycles. The van der Waals surface area contributed by atoms with Gasteiger partial charge in [0.05, 0.1) is 5.56 Å². The molecule has 0 saturated carbocycles. The standard InChI is InChI=1S/C15H18N4O/c1-11-8-9-13(14(16)18-20)15(17-11)19(2)10-12-6-4-3-5-7-12/h3-9,20H,10H2,1-2H3,(H2,16,18). The summed E-state index contributed by atoms with van der Waals surface area (Å²) in [5.74, 6) is 0.761. The first-order chi connectivity index (χ1) is 9.61. The maximum atomic E-state index is 8.87. The van der Waals surface area contributed by atoms with Crippen LogP contribution in [0.3, 0.4) is 0 Å². The highest BCUT2D eigenvalue weighted by molar-refractivity contribution is 6.01. The number of nitrogens with zero attached hydrogens (tertiary/aromatic N) is 3. The van der Waals surface area contributed by atoms with Crippen LogP contribution in [0, 0.1) is 6.92 Å². The van der Waals surface area contributed by atoms with Crippen LogP contribution in [0.4, 0.5) is 5.82 Å². The summed E-state index contributed by atoms with van der Waals surface area (Å²) in [6.07, 6.45) is 0. The van der Waals surface area contributed by atoms with E-state index in [0.717, 1.165) is 5.69 Å². The van der Waals surface area contributed by atoms with Crippen molar-refractivity contribution < 1.29 is 5.21 Å². The number of aryl methyl sites for hydroxylation is 1. The zero-order valence-corrected chi connectivity index (χ0v) is 11.6. The Balaban J connectivity index is 2.33. The molecular weight excluding hydrogens is 252 g/mol. The van der Waals surface area contributed by atoms with Gasteiger partial charge < -0.3 is 15.8 Å². The van der Waals surface area contributed by atoms with Gasteiger partial charge in [-0.05, 0) is 24.6 Å². The fourth-order valence-corrected chi connectivity index (χ4v) is 2.02. The maximum absolute atomic E-state index is 8.87. The molecule has 3 N–H and O–H groups in total. The average molecular weight is 270 g/mol. The highest BCUT2D eigenvalue weighted by Gasteiger charge is 2.13. The second kappa shape index (κ2) is 6.06. The van der Waals surface area contributed by atoms with Crippen molar-refractivity contribution in [3.63, 3.8) is 0 Å². The summed E-state index contributed by atoms with van der Waals surface area (Å²) in [6, 6.07) is 13.7. The van der Waals surface area contributed by atoms with Gasteiger partial charge in [0.15, 0.2) is 5.84 Å². The second-order valence-electron chi connectivity index (χ2n) is 4.65. The number of benzene rings is 1. The fraction of sp³-hybridized carbons (Fsp3) is 0.200. The van der Waals surface area contributed by atoms with E-state index in [4.69, 9.17) is 10.9 Å². The molecule has 5 nitrogen and oxygen atoms in total. The van der Waals surface area contributed by atoms with E-state index in [1.165, 1.54) is 5.56 Å². The van der Waals surface area contributed by atoms with Crippen molar-refractivity contribution in [2.45, 2.75) is 13.5 Å². The van der Waals surface area contributed by atoms with E-state index < -0.39 is 0 Å². The number of amidine groups is 1. The Labute approximate surface area is 118 Å². The van der Waals surface area contributed by atoms with Crippen LogP contribution in [-0.4, -0.2) is 23.1 Å². The van der Waals surface area contributed by atoms with Gasteiger partial charge in [-0.25, -0.2) is 4.98 Å². The van der Waals surface area contributed by atoms with E-state index in [1.807, 2.05) is 49.2 Å². The molecule has 0 fully saturated rings. The van der Waals surface area contributed by atoms with Crippen LogP contribution >= 0.6 is 0 Å². The minimum Gasteiger partial charge on any atom is -0.409 e. The molecule has 2 rings (SSSR count). The summed E-state index contributed by atoms with van der Waals surface area (Å²) in [5, 5.41) is 11.9. The molecule has 0 atom stereocenters. The molecule has 0 amide bonds. The van der Waals surface area contributed by atoms with Crippen LogP contribution in [0.5, 0.6) is 0 Å². The third-order valence-electron chi connectivity index (χ3n) is 3.02. The number of rotatable bonds is 4. The van der Waals surface area contributed by atoms with Gasteiger partial charge in [0.25, 0.3) is 0 Å². The fourth-order valence-electron chi connectivity index (χ4n) is 2.02. The van der Waals surface area contributed by atoms with Crippen LogP contribution in [0.1, 0.15) is 16.8 Å². The lowest BCUT2D eigenvalue weighted by molar-refractivity contribution is 0.318. The van der Waals surface area contributed by atoms with E-state index in [1.54, 1.807) is 0 Å². The Morgan fingerprint density at radius 2 is 1.95 bits per heavy atom. The molecule has 20 heavy (non-hydrogen) atoms. The number of nitrogens with two attached hydrogens (primary N) is 1. The van der Waals surface area contributed by atoms with Crippen LogP contribution in [0.25, 0.3) is 0 Å². The molecule has 5 heteroatoms. The number of hydrogen-bond acceptors (Lipinski definition) is 4. The van der Waals surface area contributed by atoms with E-state index in [-0.39, 0.29) is 5.84 Å². The summed E-state index contributed by atoms with van der Waals surface area (Å²) in [5.41, 5.74) is 8.39. The van der Waals surface area contributed by atoms with Gasteiger partial charge in [-0.3, -0.25) is 0 Å². The normalized spacial score (nSPS) is 11.4. The first kappa shape index (κ1) is 13.9. The van der Waals surface area contributed by atoms with E-state index in [9.17, 15) is 0 Å². The van der Waals surface area contributed by atoms with Crippen LogP contribution < -0.4 is 10.6 Å². The first-order valence-electron chi connectivity index (χ1n) is 6.32. The molecule has 0 saturated heterocycles. The lowest BCUT2D eigenvalue weighted by Crippen LogP contribution is -2.24. The molecule has 0 aliphatic carbocycles. The summed E-state index contributed by atoms with van der Waals surface area (Å²) in [4.78, 5) is 6.47. The van der Waals surface area contributed by atoms with Gasteiger partial charge in [-0.2, -0.15) is 0 Å². The predicted octanol–water partition coefficient (Wildman–Crippen LogP) is 2.12. The Hall–Kier alpha value is -2.56. The summed E-state index contributed by atoms with van der Waals surface area (Å²) in [6.45, 7) is 2.61. The molecule has 0 bridgehead atoms. The first-order valence-corrected chi connectivity index (χ1v) is 6.32. The van der Waals surface area contributed by atoms with Crippen molar-refractivity contribution >= 4 is 11.7 Å². The average Bonchev–Trinajstić information content (AvgIpc) is 2.47. The zero-order chi connectivity index (χ0) is 14.5. The van der Waals surface area contributed by atoms with Gasteiger partial charge in [0.1, 0.15) is 5.82 Å². The molecule has 1 aromatic heterocycles.